The molecule has 0 fully saturated rings. The summed E-state index contributed by atoms with van der Waals surface area (Å²) in [6, 6.07) is 16.9. The summed E-state index contributed by atoms with van der Waals surface area (Å²) < 4.78 is 7.45. The zero-order valence-corrected chi connectivity index (χ0v) is 20.7. The molecule has 0 aliphatic carbocycles. The summed E-state index contributed by atoms with van der Waals surface area (Å²) in [5, 5.41) is 5.75. The Hall–Kier alpha value is -4.07. The third-order valence-corrected chi connectivity index (χ3v) is 4.89. The summed E-state index contributed by atoms with van der Waals surface area (Å²) in [6.07, 6.45) is 3.45. The SMILES string of the molecule is C=CCN(CC(=O)Nc1nc(-c2ccccc2)cn1-c1cccc(OCC)c1)C(=O)NC(C)(C)C. The highest BCUT2D eigenvalue weighted by Crippen LogP contribution is 2.26. The number of aromatic nitrogens is 2. The van der Waals surface area contributed by atoms with Gasteiger partial charge in [0.05, 0.1) is 18.0 Å². The Bertz CT molecular complexity index is 1170. The maximum absolute atomic E-state index is 13.0. The smallest absolute Gasteiger partial charge is 0.318 e. The number of nitrogens with one attached hydrogen (secondary N) is 2. The second-order valence-corrected chi connectivity index (χ2v) is 9.01. The van der Waals surface area contributed by atoms with E-state index < -0.39 is 5.54 Å². The number of carbonyl (C=O) groups excluding carboxylic acids is 2. The predicted molar refractivity (Wildman–Crippen MR) is 139 cm³/mol. The van der Waals surface area contributed by atoms with Gasteiger partial charge in [0.15, 0.2) is 0 Å². The molecule has 0 atom stereocenters. The number of hydrogen-bond donors (Lipinski definition) is 2. The standard InChI is InChI=1S/C27H33N5O3/c1-6-16-31(26(34)30-27(3,4)5)19-24(33)29-25-28-23(20-12-9-8-10-13-20)18-32(25)21-14-11-15-22(17-21)35-7-2/h6,8-15,17-18H,1,7,16,19H2,2-5H3,(H,30,34)(H,28,29,33). The van der Waals surface area contributed by atoms with Crippen LogP contribution in [0.1, 0.15) is 27.7 Å². The van der Waals surface area contributed by atoms with Crippen molar-refractivity contribution < 1.29 is 14.3 Å². The van der Waals surface area contributed by atoms with Crippen molar-refractivity contribution in [2.75, 3.05) is 25.0 Å². The summed E-state index contributed by atoms with van der Waals surface area (Å²) >= 11 is 0. The number of carbonyl (C=O) groups is 2. The summed E-state index contributed by atoms with van der Waals surface area (Å²) in [6.45, 7) is 11.9. The number of imidazole rings is 1. The Morgan fingerprint density at radius 3 is 2.54 bits per heavy atom. The van der Waals surface area contributed by atoms with Crippen LogP contribution >= 0.6 is 0 Å². The highest BCUT2D eigenvalue weighted by Gasteiger charge is 2.22. The topological polar surface area (TPSA) is 88.5 Å². The molecule has 0 unspecified atom stereocenters. The average Bonchev–Trinajstić information content (AvgIpc) is 3.22. The molecule has 184 valence electrons. The molecule has 8 nitrogen and oxygen atoms in total. The van der Waals surface area contributed by atoms with E-state index in [-0.39, 0.29) is 25.0 Å². The van der Waals surface area contributed by atoms with Gasteiger partial charge in [0.2, 0.25) is 11.9 Å². The van der Waals surface area contributed by atoms with Crippen LogP contribution in [0.2, 0.25) is 0 Å². The van der Waals surface area contributed by atoms with E-state index in [9.17, 15) is 9.59 Å². The Balaban J connectivity index is 1.90. The third kappa shape index (κ3) is 7.20. The third-order valence-electron chi connectivity index (χ3n) is 4.89. The first-order chi connectivity index (χ1) is 16.7. The molecule has 1 heterocycles. The second-order valence-electron chi connectivity index (χ2n) is 9.01. The molecular weight excluding hydrogens is 442 g/mol. The fourth-order valence-electron chi connectivity index (χ4n) is 3.42. The second kappa shape index (κ2) is 11.4. The summed E-state index contributed by atoms with van der Waals surface area (Å²) in [4.78, 5) is 31.8. The lowest BCUT2D eigenvalue weighted by Gasteiger charge is -2.27. The minimum Gasteiger partial charge on any atom is -0.494 e. The average molecular weight is 476 g/mol. The minimum absolute atomic E-state index is 0.152. The maximum atomic E-state index is 13.0. The Morgan fingerprint density at radius 1 is 1.14 bits per heavy atom. The van der Waals surface area contributed by atoms with Crippen LogP contribution < -0.4 is 15.4 Å². The van der Waals surface area contributed by atoms with Gasteiger partial charge in [-0.2, -0.15) is 0 Å². The van der Waals surface area contributed by atoms with Crippen LogP contribution in [0.5, 0.6) is 5.75 Å². The predicted octanol–water partition coefficient (Wildman–Crippen LogP) is 4.87. The van der Waals surface area contributed by atoms with Gasteiger partial charge < -0.3 is 15.0 Å². The number of amides is 3. The fourth-order valence-corrected chi connectivity index (χ4v) is 3.42. The van der Waals surface area contributed by atoms with Gasteiger partial charge in [-0.05, 0) is 39.8 Å². The quantitative estimate of drug-likeness (QED) is 0.432. The van der Waals surface area contributed by atoms with E-state index in [0.717, 1.165) is 11.3 Å². The van der Waals surface area contributed by atoms with Crippen LogP contribution in [0.3, 0.4) is 0 Å². The molecule has 3 rings (SSSR count). The summed E-state index contributed by atoms with van der Waals surface area (Å²) in [5.74, 6) is 0.689. The first kappa shape index (κ1) is 25.6. The lowest BCUT2D eigenvalue weighted by Crippen LogP contribution is -2.50. The monoisotopic (exact) mass is 475 g/mol. The number of rotatable bonds is 9. The molecule has 35 heavy (non-hydrogen) atoms. The molecule has 0 aliphatic rings. The van der Waals surface area contributed by atoms with Gasteiger partial charge in [0.1, 0.15) is 12.3 Å². The Morgan fingerprint density at radius 2 is 1.89 bits per heavy atom. The lowest BCUT2D eigenvalue weighted by atomic mass is 10.1. The molecule has 2 aromatic carbocycles. The van der Waals surface area contributed by atoms with Crippen molar-refractivity contribution in [3.05, 3.63) is 73.4 Å². The molecule has 0 aliphatic heterocycles. The number of hydrogen-bond acceptors (Lipinski definition) is 4. The maximum Gasteiger partial charge on any atom is 0.318 e. The Kier molecular flexibility index (Phi) is 8.30. The number of nitrogens with zero attached hydrogens (tertiary/aromatic N) is 3. The highest BCUT2D eigenvalue weighted by atomic mass is 16.5. The molecule has 8 heteroatoms. The fraction of sp³-hybridized carbons (Fsp3) is 0.296. The van der Waals surface area contributed by atoms with Crippen molar-refractivity contribution in [2.24, 2.45) is 0 Å². The van der Waals surface area contributed by atoms with Crippen molar-refractivity contribution in [2.45, 2.75) is 33.2 Å². The highest BCUT2D eigenvalue weighted by molar-refractivity contribution is 5.93. The van der Waals surface area contributed by atoms with Gasteiger partial charge >= 0.3 is 6.03 Å². The zero-order valence-electron chi connectivity index (χ0n) is 20.7. The lowest BCUT2D eigenvalue weighted by molar-refractivity contribution is -0.116. The van der Waals surface area contributed by atoms with Gasteiger partial charge in [0, 0.05) is 29.9 Å². The van der Waals surface area contributed by atoms with E-state index in [0.29, 0.717) is 24.0 Å². The van der Waals surface area contributed by atoms with E-state index in [2.05, 4.69) is 22.2 Å². The normalized spacial score (nSPS) is 11.0. The number of ether oxygens (including phenoxy) is 1. The molecule has 0 bridgehead atoms. The van der Waals surface area contributed by atoms with Crippen LogP contribution in [-0.2, 0) is 4.79 Å². The molecule has 0 radical (unpaired) electrons. The Labute approximate surface area is 206 Å². The van der Waals surface area contributed by atoms with E-state index >= 15 is 0 Å². The van der Waals surface area contributed by atoms with Crippen LogP contribution in [0.4, 0.5) is 10.7 Å². The van der Waals surface area contributed by atoms with Crippen LogP contribution in [0.25, 0.3) is 16.9 Å². The van der Waals surface area contributed by atoms with Gasteiger partial charge in [-0.15, -0.1) is 6.58 Å². The van der Waals surface area contributed by atoms with Crippen LogP contribution in [0, 0.1) is 0 Å². The van der Waals surface area contributed by atoms with Gasteiger partial charge in [0.25, 0.3) is 0 Å². The molecule has 0 saturated heterocycles. The summed E-state index contributed by atoms with van der Waals surface area (Å²) in [5.41, 5.74) is 1.98. The van der Waals surface area contributed by atoms with Crippen molar-refractivity contribution in [1.82, 2.24) is 19.8 Å². The molecule has 0 spiro atoms. The number of benzene rings is 2. The van der Waals surface area contributed by atoms with Gasteiger partial charge in [-0.3, -0.25) is 14.7 Å². The molecule has 3 amide bonds. The molecule has 2 N–H and O–H groups in total. The van der Waals surface area contributed by atoms with Crippen molar-refractivity contribution >= 4 is 17.9 Å². The van der Waals surface area contributed by atoms with E-state index in [1.807, 2.05) is 88.5 Å². The number of anilines is 1. The molecule has 3 aromatic rings. The van der Waals surface area contributed by atoms with Crippen molar-refractivity contribution in [1.29, 1.82) is 0 Å². The molecule has 1 aromatic heterocycles. The zero-order chi connectivity index (χ0) is 25.4. The first-order valence-electron chi connectivity index (χ1n) is 11.6. The number of urea groups is 1. The van der Waals surface area contributed by atoms with Gasteiger partial charge in [-0.25, -0.2) is 9.78 Å². The molecule has 0 saturated carbocycles. The van der Waals surface area contributed by atoms with Crippen molar-refractivity contribution in [3.63, 3.8) is 0 Å². The van der Waals surface area contributed by atoms with Crippen LogP contribution in [-0.4, -0.2) is 51.6 Å². The molecular formula is C27H33N5O3. The van der Waals surface area contributed by atoms with Crippen molar-refractivity contribution in [3.8, 4) is 22.7 Å². The van der Waals surface area contributed by atoms with E-state index in [1.165, 1.54) is 4.90 Å². The van der Waals surface area contributed by atoms with Crippen LogP contribution in [0.15, 0.2) is 73.4 Å². The summed E-state index contributed by atoms with van der Waals surface area (Å²) in [7, 11) is 0. The largest absolute Gasteiger partial charge is 0.494 e. The minimum atomic E-state index is -0.431. The van der Waals surface area contributed by atoms with E-state index in [1.54, 1.807) is 10.6 Å². The van der Waals surface area contributed by atoms with E-state index in [4.69, 9.17) is 4.74 Å². The van der Waals surface area contributed by atoms with Gasteiger partial charge in [-0.1, -0.05) is 42.5 Å². The first-order valence-corrected chi connectivity index (χ1v) is 11.6.